The summed E-state index contributed by atoms with van der Waals surface area (Å²) >= 11 is 0. The van der Waals surface area contributed by atoms with Crippen LogP contribution in [0.3, 0.4) is 0 Å². The van der Waals surface area contributed by atoms with Gasteiger partial charge in [-0.15, -0.1) is 0 Å². The summed E-state index contributed by atoms with van der Waals surface area (Å²) in [5.74, 6) is 0.648. The first kappa shape index (κ1) is 22.3. The van der Waals surface area contributed by atoms with Gasteiger partial charge in [-0.1, -0.05) is 68.4 Å². The van der Waals surface area contributed by atoms with Gasteiger partial charge in [0.1, 0.15) is 0 Å². The van der Waals surface area contributed by atoms with Gasteiger partial charge in [0.25, 0.3) is 5.91 Å². The first-order valence-electron chi connectivity index (χ1n) is 11.5. The van der Waals surface area contributed by atoms with Gasteiger partial charge in [-0.25, -0.2) is 0 Å². The number of rotatable bonds is 7. The molecule has 2 heterocycles. The van der Waals surface area contributed by atoms with Crippen molar-refractivity contribution in [3.63, 3.8) is 0 Å². The molecule has 2 aromatic carbocycles. The summed E-state index contributed by atoms with van der Waals surface area (Å²) in [6.07, 6.45) is 2.02. The number of hydrogen-bond donors (Lipinski definition) is 0. The van der Waals surface area contributed by atoms with Crippen molar-refractivity contribution in [1.82, 2.24) is 19.6 Å². The van der Waals surface area contributed by atoms with Crippen LogP contribution in [0.1, 0.15) is 52.3 Å². The Bertz CT molecular complexity index is 1050. The van der Waals surface area contributed by atoms with Crippen molar-refractivity contribution >= 4 is 5.91 Å². The number of carbonyl (C=O) groups excluding carboxylic acids is 1. The number of amides is 1. The summed E-state index contributed by atoms with van der Waals surface area (Å²) in [5.41, 5.74) is 6.79. The Kier molecular flexibility index (Phi) is 6.75. The van der Waals surface area contributed by atoms with Crippen LogP contribution in [0.2, 0.25) is 0 Å². The van der Waals surface area contributed by atoms with Crippen molar-refractivity contribution < 1.29 is 4.79 Å². The van der Waals surface area contributed by atoms with Crippen LogP contribution in [0.4, 0.5) is 0 Å². The highest BCUT2D eigenvalue weighted by molar-refractivity contribution is 5.93. The van der Waals surface area contributed by atoms with Crippen molar-refractivity contribution in [2.75, 3.05) is 20.6 Å². The molecule has 3 aromatic rings. The number of aromatic nitrogens is 2. The average molecular weight is 431 g/mol. The zero-order chi connectivity index (χ0) is 22.7. The van der Waals surface area contributed by atoms with Crippen LogP contribution in [0.15, 0.2) is 54.6 Å². The van der Waals surface area contributed by atoms with Gasteiger partial charge in [0.2, 0.25) is 0 Å². The molecule has 4 rings (SSSR count). The number of hydrogen-bond acceptors (Lipinski definition) is 3. The molecule has 1 aliphatic heterocycles. The molecule has 0 radical (unpaired) electrons. The standard InChI is InChI=1S/C27H34N4O/c1-20(2)16-21-10-12-23(13-11-21)17-30-15-14-25-24(19-30)26(27(32)29(3)4)28-31(25)18-22-8-6-5-7-9-22/h5-13,20H,14-19H2,1-4H3. The molecule has 1 aliphatic rings. The Morgan fingerprint density at radius 2 is 1.62 bits per heavy atom. The molecule has 0 bridgehead atoms. The molecule has 0 unspecified atom stereocenters. The second-order valence-corrected chi connectivity index (χ2v) is 9.49. The lowest BCUT2D eigenvalue weighted by Crippen LogP contribution is -2.32. The third-order valence-electron chi connectivity index (χ3n) is 6.07. The van der Waals surface area contributed by atoms with Crippen LogP contribution in [0.5, 0.6) is 0 Å². The molecular formula is C27H34N4O. The van der Waals surface area contributed by atoms with Gasteiger partial charge >= 0.3 is 0 Å². The molecule has 1 amide bonds. The molecule has 0 aliphatic carbocycles. The van der Waals surface area contributed by atoms with Gasteiger partial charge in [0.15, 0.2) is 5.69 Å². The van der Waals surface area contributed by atoms with E-state index in [9.17, 15) is 4.79 Å². The smallest absolute Gasteiger partial charge is 0.274 e. The monoisotopic (exact) mass is 430 g/mol. The van der Waals surface area contributed by atoms with Crippen molar-refractivity contribution in [2.24, 2.45) is 5.92 Å². The fourth-order valence-corrected chi connectivity index (χ4v) is 4.46. The minimum atomic E-state index is -0.0204. The highest BCUT2D eigenvalue weighted by atomic mass is 16.2. The SMILES string of the molecule is CC(C)Cc1ccc(CN2CCc3c(c(C(=O)N(C)C)nn3Cc3ccccc3)C2)cc1. The molecule has 0 fully saturated rings. The van der Waals surface area contributed by atoms with Gasteiger partial charge < -0.3 is 4.90 Å². The third kappa shape index (κ3) is 5.10. The maximum Gasteiger partial charge on any atom is 0.274 e. The summed E-state index contributed by atoms with van der Waals surface area (Å²) in [5, 5.41) is 4.79. The van der Waals surface area contributed by atoms with E-state index in [-0.39, 0.29) is 5.91 Å². The first-order chi connectivity index (χ1) is 15.4. The van der Waals surface area contributed by atoms with Crippen LogP contribution in [0.25, 0.3) is 0 Å². The summed E-state index contributed by atoms with van der Waals surface area (Å²) in [6.45, 7) is 7.82. The summed E-state index contributed by atoms with van der Waals surface area (Å²) in [4.78, 5) is 17.0. The number of benzene rings is 2. The predicted octanol–water partition coefficient (Wildman–Crippen LogP) is 4.39. The maximum absolute atomic E-state index is 12.9. The molecule has 32 heavy (non-hydrogen) atoms. The number of carbonyl (C=O) groups is 1. The van der Waals surface area contributed by atoms with Crippen LogP contribution in [-0.4, -0.2) is 46.1 Å². The maximum atomic E-state index is 12.9. The minimum Gasteiger partial charge on any atom is -0.343 e. The zero-order valence-corrected chi connectivity index (χ0v) is 19.7. The zero-order valence-electron chi connectivity index (χ0n) is 19.7. The molecule has 0 spiro atoms. The van der Waals surface area contributed by atoms with Crippen LogP contribution >= 0.6 is 0 Å². The Labute approximate surface area is 191 Å². The van der Waals surface area contributed by atoms with Gasteiger partial charge in [-0.2, -0.15) is 5.10 Å². The van der Waals surface area contributed by atoms with Crippen molar-refractivity contribution in [3.05, 3.63) is 88.2 Å². The van der Waals surface area contributed by atoms with E-state index in [0.29, 0.717) is 18.2 Å². The largest absolute Gasteiger partial charge is 0.343 e. The van der Waals surface area contributed by atoms with E-state index in [2.05, 4.69) is 55.1 Å². The number of nitrogens with zero attached hydrogens (tertiary/aromatic N) is 4. The highest BCUT2D eigenvalue weighted by Crippen LogP contribution is 2.26. The van der Waals surface area contributed by atoms with Crippen LogP contribution < -0.4 is 0 Å². The lowest BCUT2D eigenvalue weighted by atomic mass is 10.0. The van der Waals surface area contributed by atoms with Gasteiger partial charge in [0, 0.05) is 51.4 Å². The second kappa shape index (κ2) is 9.70. The fourth-order valence-electron chi connectivity index (χ4n) is 4.46. The van der Waals surface area contributed by atoms with Crippen LogP contribution in [0, 0.1) is 5.92 Å². The normalized spacial score (nSPS) is 13.9. The van der Waals surface area contributed by atoms with Gasteiger partial charge in [-0.05, 0) is 29.0 Å². The molecule has 0 atom stereocenters. The van der Waals surface area contributed by atoms with E-state index < -0.39 is 0 Å². The Morgan fingerprint density at radius 3 is 2.28 bits per heavy atom. The summed E-state index contributed by atoms with van der Waals surface area (Å²) in [7, 11) is 3.59. The van der Waals surface area contributed by atoms with E-state index >= 15 is 0 Å². The van der Waals surface area contributed by atoms with E-state index in [1.54, 1.807) is 19.0 Å². The average Bonchev–Trinajstić information content (AvgIpc) is 3.12. The number of fused-ring (bicyclic) bond motifs is 1. The van der Waals surface area contributed by atoms with Crippen molar-refractivity contribution in [1.29, 1.82) is 0 Å². The molecule has 0 saturated heterocycles. The van der Waals surface area contributed by atoms with E-state index in [1.165, 1.54) is 22.4 Å². The van der Waals surface area contributed by atoms with E-state index in [1.807, 2.05) is 22.9 Å². The first-order valence-corrected chi connectivity index (χ1v) is 11.5. The molecule has 168 valence electrons. The lowest BCUT2D eigenvalue weighted by molar-refractivity contribution is 0.0818. The molecular weight excluding hydrogens is 396 g/mol. The van der Waals surface area contributed by atoms with Crippen LogP contribution in [-0.2, 0) is 32.5 Å². The Morgan fingerprint density at radius 1 is 0.969 bits per heavy atom. The minimum absolute atomic E-state index is 0.0204. The highest BCUT2D eigenvalue weighted by Gasteiger charge is 2.29. The lowest BCUT2D eigenvalue weighted by Gasteiger charge is -2.28. The van der Waals surface area contributed by atoms with Crippen molar-refractivity contribution in [2.45, 2.75) is 46.3 Å². The quantitative estimate of drug-likeness (QED) is 0.558. The second-order valence-electron chi connectivity index (χ2n) is 9.49. The third-order valence-corrected chi connectivity index (χ3v) is 6.07. The van der Waals surface area contributed by atoms with E-state index in [4.69, 9.17) is 5.10 Å². The molecule has 5 nitrogen and oxygen atoms in total. The predicted molar refractivity (Wildman–Crippen MR) is 129 cm³/mol. The summed E-state index contributed by atoms with van der Waals surface area (Å²) < 4.78 is 2.04. The molecule has 0 N–H and O–H groups in total. The molecule has 5 heteroatoms. The molecule has 0 saturated carbocycles. The van der Waals surface area contributed by atoms with E-state index in [0.717, 1.165) is 38.0 Å². The molecule has 1 aromatic heterocycles. The fraction of sp³-hybridized carbons (Fsp3) is 0.407. The van der Waals surface area contributed by atoms with Crippen molar-refractivity contribution in [3.8, 4) is 0 Å². The summed E-state index contributed by atoms with van der Waals surface area (Å²) in [6, 6.07) is 19.3. The Hall–Kier alpha value is -2.92. The van der Waals surface area contributed by atoms with Gasteiger partial charge in [0.05, 0.1) is 6.54 Å². The van der Waals surface area contributed by atoms with Gasteiger partial charge in [-0.3, -0.25) is 14.4 Å². The topological polar surface area (TPSA) is 41.4 Å². The Balaban J connectivity index is 1.55.